The summed E-state index contributed by atoms with van der Waals surface area (Å²) in [4.78, 5) is 12.1. The third-order valence-corrected chi connectivity index (χ3v) is 3.50. The van der Waals surface area contributed by atoms with Gasteiger partial charge in [-0.25, -0.2) is 0 Å². The second-order valence-electron chi connectivity index (χ2n) is 5.94. The topological polar surface area (TPSA) is 17.1 Å². The molecule has 0 bridgehead atoms. The van der Waals surface area contributed by atoms with Crippen molar-refractivity contribution in [2.24, 2.45) is 11.3 Å². The van der Waals surface area contributed by atoms with Crippen LogP contribution in [-0.2, 0) is 6.18 Å². The van der Waals surface area contributed by atoms with Crippen LogP contribution in [0.5, 0.6) is 0 Å². The van der Waals surface area contributed by atoms with Gasteiger partial charge in [-0.2, -0.15) is 13.2 Å². The predicted octanol–water partition coefficient (Wildman–Crippen LogP) is 4.96. The summed E-state index contributed by atoms with van der Waals surface area (Å²) in [6.07, 6.45) is -4.37. The molecule has 0 saturated heterocycles. The minimum absolute atomic E-state index is 0.0151. The van der Waals surface area contributed by atoms with Crippen LogP contribution in [0.15, 0.2) is 24.3 Å². The van der Waals surface area contributed by atoms with Crippen LogP contribution in [-0.4, -0.2) is 5.78 Å². The Balaban J connectivity index is 3.02. The first-order valence-electron chi connectivity index (χ1n) is 6.23. The fraction of sp³-hybridized carbons (Fsp3) is 0.533. The number of hydrogen-bond donors (Lipinski definition) is 0. The van der Waals surface area contributed by atoms with Crippen LogP contribution in [0.25, 0.3) is 0 Å². The molecule has 0 heterocycles. The lowest BCUT2D eigenvalue weighted by atomic mass is 9.78. The maximum Gasteiger partial charge on any atom is 0.417 e. The number of carbonyl (C=O) groups is 1. The van der Waals surface area contributed by atoms with E-state index in [1.165, 1.54) is 18.2 Å². The number of Topliss-reactive ketones (excluding diaryl/α,β-unsaturated/α-hetero) is 1. The minimum atomic E-state index is -4.49. The zero-order valence-corrected chi connectivity index (χ0v) is 11.6. The van der Waals surface area contributed by atoms with Gasteiger partial charge in [0.05, 0.1) is 5.56 Å². The van der Waals surface area contributed by atoms with E-state index in [1.807, 2.05) is 27.7 Å². The van der Waals surface area contributed by atoms with Crippen molar-refractivity contribution in [3.05, 3.63) is 35.4 Å². The average molecular weight is 272 g/mol. The summed E-state index contributed by atoms with van der Waals surface area (Å²) in [7, 11) is 0. The number of carbonyl (C=O) groups excluding carboxylic acids is 1. The largest absolute Gasteiger partial charge is 0.417 e. The Kier molecular flexibility index (Phi) is 4.43. The van der Waals surface area contributed by atoms with Gasteiger partial charge in [0.2, 0.25) is 0 Å². The Bertz CT molecular complexity index is 455. The molecular weight excluding hydrogens is 253 g/mol. The van der Waals surface area contributed by atoms with E-state index in [9.17, 15) is 18.0 Å². The van der Waals surface area contributed by atoms with E-state index in [0.717, 1.165) is 6.07 Å². The van der Waals surface area contributed by atoms with Gasteiger partial charge in [-0.1, -0.05) is 45.9 Å². The molecule has 0 saturated carbocycles. The number of rotatable bonds is 3. The zero-order chi connectivity index (χ0) is 14.8. The summed E-state index contributed by atoms with van der Waals surface area (Å²) >= 11 is 0. The monoisotopic (exact) mass is 272 g/mol. The van der Waals surface area contributed by atoms with Crippen molar-refractivity contribution in [3.8, 4) is 0 Å². The van der Waals surface area contributed by atoms with Gasteiger partial charge in [-0.15, -0.1) is 0 Å². The molecule has 1 nitrogen and oxygen atoms in total. The molecule has 0 amide bonds. The molecule has 0 aromatic heterocycles. The number of benzene rings is 1. The van der Waals surface area contributed by atoms with E-state index in [2.05, 4.69) is 0 Å². The molecule has 0 aliphatic rings. The summed E-state index contributed by atoms with van der Waals surface area (Å²) in [5, 5.41) is 0. The minimum Gasteiger partial charge on any atom is -0.294 e. The smallest absolute Gasteiger partial charge is 0.294 e. The molecule has 0 N–H and O–H groups in total. The second-order valence-corrected chi connectivity index (χ2v) is 5.94. The predicted molar refractivity (Wildman–Crippen MR) is 69.0 cm³/mol. The summed E-state index contributed by atoms with van der Waals surface area (Å²) < 4.78 is 38.5. The van der Waals surface area contributed by atoms with Gasteiger partial charge in [-0.3, -0.25) is 4.79 Å². The molecule has 1 rings (SSSR count). The molecule has 0 radical (unpaired) electrons. The van der Waals surface area contributed by atoms with E-state index >= 15 is 0 Å². The van der Waals surface area contributed by atoms with Crippen molar-refractivity contribution in [3.63, 3.8) is 0 Å². The Morgan fingerprint density at radius 2 is 1.68 bits per heavy atom. The molecule has 19 heavy (non-hydrogen) atoms. The number of ketones is 1. The highest BCUT2D eigenvalue weighted by molar-refractivity contribution is 5.97. The van der Waals surface area contributed by atoms with Gasteiger partial charge in [0.25, 0.3) is 0 Å². The number of alkyl halides is 3. The summed E-state index contributed by atoms with van der Waals surface area (Å²) in [6.45, 7) is 7.80. The van der Waals surface area contributed by atoms with Crippen molar-refractivity contribution < 1.29 is 18.0 Å². The van der Waals surface area contributed by atoms with Gasteiger partial charge in [0, 0.05) is 12.0 Å². The molecule has 1 aromatic rings. The highest BCUT2D eigenvalue weighted by Gasteiger charge is 2.35. The second kappa shape index (κ2) is 5.35. The summed E-state index contributed by atoms with van der Waals surface area (Å²) in [6, 6.07) is 4.96. The molecule has 1 unspecified atom stereocenters. The summed E-state index contributed by atoms with van der Waals surface area (Å²) in [5.41, 5.74) is -1.18. The first-order valence-corrected chi connectivity index (χ1v) is 6.23. The first kappa shape index (κ1) is 15.7. The third kappa shape index (κ3) is 4.08. The highest BCUT2D eigenvalue weighted by Crippen LogP contribution is 2.34. The zero-order valence-electron chi connectivity index (χ0n) is 11.6. The summed E-state index contributed by atoms with van der Waals surface area (Å²) in [5.74, 6) is -0.434. The van der Waals surface area contributed by atoms with Crippen LogP contribution in [0, 0.1) is 11.3 Å². The van der Waals surface area contributed by atoms with Crippen molar-refractivity contribution in [2.45, 2.75) is 40.3 Å². The van der Waals surface area contributed by atoms with Gasteiger partial charge in [-0.05, 0) is 17.4 Å². The lowest BCUT2D eigenvalue weighted by molar-refractivity contribution is -0.137. The quantitative estimate of drug-likeness (QED) is 0.711. The Morgan fingerprint density at radius 1 is 1.16 bits per heavy atom. The van der Waals surface area contributed by atoms with Crippen LogP contribution in [0.1, 0.15) is 50.0 Å². The number of halogens is 3. The van der Waals surface area contributed by atoms with E-state index in [0.29, 0.717) is 0 Å². The molecule has 0 aliphatic carbocycles. The van der Waals surface area contributed by atoms with Crippen LogP contribution in [0.2, 0.25) is 0 Å². The molecule has 0 spiro atoms. The van der Waals surface area contributed by atoms with Crippen LogP contribution < -0.4 is 0 Å². The fourth-order valence-corrected chi connectivity index (χ4v) is 1.67. The van der Waals surface area contributed by atoms with Crippen LogP contribution in [0.4, 0.5) is 13.2 Å². The highest BCUT2D eigenvalue weighted by atomic mass is 19.4. The molecular formula is C15H19F3O. The average Bonchev–Trinajstić information content (AvgIpc) is 2.26. The van der Waals surface area contributed by atoms with Gasteiger partial charge in [0.15, 0.2) is 5.78 Å². The normalized spacial score (nSPS) is 14.3. The van der Waals surface area contributed by atoms with Crippen LogP contribution >= 0.6 is 0 Å². The molecule has 1 aromatic carbocycles. The van der Waals surface area contributed by atoms with Gasteiger partial charge >= 0.3 is 6.18 Å². The van der Waals surface area contributed by atoms with E-state index in [-0.39, 0.29) is 23.3 Å². The Morgan fingerprint density at radius 3 is 2.16 bits per heavy atom. The van der Waals surface area contributed by atoms with Gasteiger partial charge < -0.3 is 0 Å². The lowest BCUT2D eigenvalue weighted by Gasteiger charge is -2.26. The maximum absolute atomic E-state index is 12.8. The molecule has 0 aliphatic heterocycles. The van der Waals surface area contributed by atoms with Gasteiger partial charge in [0.1, 0.15) is 0 Å². The standard InChI is InChI=1S/C15H19F3O/c1-10(14(2,3)4)9-13(19)11-7-5-6-8-12(11)15(16,17)18/h5-8,10H,9H2,1-4H3. The number of hydrogen-bond acceptors (Lipinski definition) is 1. The van der Waals surface area contributed by atoms with Crippen molar-refractivity contribution in [1.29, 1.82) is 0 Å². The molecule has 0 fully saturated rings. The third-order valence-electron chi connectivity index (χ3n) is 3.50. The Labute approximate surface area is 111 Å². The first-order chi connectivity index (χ1) is 8.53. The SMILES string of the molecule is CC(CC(=O)c1ccccc1C(F)(F)F)C(C)(C)C. The molecule has 106 valence electrons. The maximum atomic E-state index is 12.8. The van der Waals surface area contributed by atoms with E-state index < -0.39 is 17.5 Å². The van der Waals surface area contributed by atoms with Crippen molar-refractivity contribution in [1.82, 2.24) is 0 Å². The molecule has 4 heteroatoms. The Hall–Kier alpha value is -1.32. The van der Waals surface area contributed by atoms with Crippen LogP contribution in [0.3, 0.4) is 0 Å². The van der Waals surface area contributed by atoms with E-state index in [4.69, 9.17) is 0 Å². The van der Waals surface area contributed by atoms with Crippen molar-refractivity contribution >= 4 is 5.78 Å². The van der Waals surface area contributed by atoms with E-state index in [1.54, 1.807) is 0 Å². The molecule has 1 atom stereocenters. The van der Waals surface area contributed by atoms with Crippen molar-refractivity contribution in [2.75, 3.05) is 0 Å². The lowest BCUT2D eigenvalue weighted by Crippen LogP contribution is -2.22. The fourth-order valence-electron chi connectivity index (χ4n) is 1.67.